The minimum absolute atomic E-state index is 0.0137. The highest BCUT2D eigenvalue weighted by Crippen LogP contribution is 2.43. The maximum absolute atomic E-state index is 12.6. The Morgan fingerprint density at radius 1 is 0.517 bits per heavy atom. The lowest BCUT2D eigenvalue weighted by molar-refractivity contribution is -0.154. The highest BCUT2D eigenvalue weighted by Gasteiger charge is 2.26. The van der Waals surface area contributed by atoms with E-state index in [-0.39, 0.29) is 13.0 Å². The summed E-state index contributed by atoms with van der Waals surface area (Å²) in [6.07, 6.45) is 59.3. The van der Waals surface area contributed by atoms with Crippen molar-refractivity contribution in [2.24, 2.45) is 0 Å². The van der Waals surface area contributed by atoms with Gasteiger partial charge < -0.3 is 24.6 Å². The fourth-order valence-corrected chi connectivity index (χ4v) is 6.38. The first-order chi connectivity index (χ1) is 29.3. The van der Waals surface area contributed by atoms with Crippen molar-refractivity contribution in [3.8, 4) is 0 Å². The maximum Gasteiger partial charge on any atom is 0.472 e. The molecule has 0 heterocycles. The second-order valence-electron chi connectivity index (χ2n) is 14.7. The van der Waals surface area contributed by atoms with Gasteiger partial charge in [-0.1, -0.05) is 175 Å². The molecule has 3 N–H and O–H groups in total. The normalized spacial score (nSPS) is 14.9. The van der Waals surface area contributed by atoms with E-state index >= 15 is 0 Å². The Morgan fingerprint density at radius 2 is 0.900 bits per heavy atom. The third-order valence-electron chi connectivity index (χ3n) is 8.97. The molecule has 10 heteroatoms. The molecule has 0 saturated carbocycles. The van der Waals surface area contributed by atoms with Crippen LogP contribution in [0.2, 0.25) is 0 Å². The molecule has 0 radical (unpaired) electrons. The van der Waals surface area contributed by atoms with Crippen LogP contribution in [0.15, 0.2) is 109 Å². The number of carbonyl (C=O) groups is 1. The van der Waals surface area contributed by atoms with Crippen LogP contribution in [0.4, 0.5) is 0 Å². The van der Waals surface area contributed by atoms with Gasteiger partial charge >= 0.3 is 13.8 Å². The summed E-state index contributed by atoms with van der Waals surface area (Å²) in [5, 5.41) is 18.4. The first-order valence-corrected chi connectivity index (χ1v) is 24.4. The molecule has 0 spiro atoms. The molecule has 342 valence electrons. The zero-order valence-electron chi connectivity index (χ0n) is 37.4. The third-order valence-corrected chi connectivity index (χ3v) is 9.92. The van der Waals surface area contributed by atoms with E-state index in [1.165, 1.54) is 38.5 Å². The summed E-state index contributed by atoms with van der Waals surface area (Å²) < 4.78 is 33.3. The average Bonchev–Trinajstić information content (AvgIpc) is 3.24. The van der Waals surface area contributed by atoms with Crippen LogP contribution in [-0.4, -0.2) is 66.3 Å². The minimum Gasteiger partial charge on any atom is -0.457 e. The molecule has 0 fully saturated rings. The minimum atomic E-state index is -4.55. The average molecular weight is 859 g/mol. The summed E-state index contributed by atoms with van der Waals surface area (Å²) in [6, 6.07) is 0. The predicted molar refractivity (Wildman–Crippen MR) is 251 cm³/mol. The quantitative estimate of drug-likeness (QED) is 0.0238. The van der Waals surface area contributed by atoms with Crippen LogP contribution >= 0.6 is 7.82 Å². The Balaban J connectivity index is 4.24. The maximum atomic E-state index is 12.6. The van der Waals surface area contributed by atoms with Crippen LogP contribution in [0.25, 0.3) is 0 Å². The highest BCUT2D eigenvalue weighted by atomic mass is 31.2. The molecule has 0 aliphatic rings. The van der Waals surface area contributed by atoms with E-state index in [2.05, 4.69) is 117 Å². The van der Waals surface area contributed by atoms with Crippen molar-refractivity contribution in [3.63, 3.8) is 0 Å². The molecule has 0 aromatic rings. The summed E-state index contributed by atoms with van der Waals surface area (Å²) >= 11 is 0. The second-order valence-corrected chi connectivity index (χ2v) is 16.1. The number of hydrogen-bond donors (Lipinski definition) is 3. The van der Waals surface area contributed by atoms with Gasteiger partial charge in [0.05, 0.1) is 33.0 Å². The van der Waals surface area contributed by atoms with Crippen LogP contribution in [0.5, 0.6) is 0 Å². The van der Waals surface area contributed by atoms with Gasteiger partial charge in [0.15, 0.2) is 0 Å². The molecule has 0 aliphatic heterocycles. The SMILES string of the molecule is CC/C=C\C/C=C\C/C=C\C/C=C\C/C=C\CCOCC(COP(=O)(O)OCC(O)CO)OC(=O)CCCCCCCCCCCC/C=C\C/C=C\C/C=C\C/C=C\CC. The van der Waals surface area contributed by atoms with Crippen molar-refractivity contribution >= 4 is 13.8 Å². The highest BCUT2D eigenvalue weighted by molar-refractivity contribution is 7.47. The zero-order chi connectivity index (χ0) is 43.9. The van der Waals surface area contributed by atoms with Gasteiger partial charge in [0.2, 0.25) is 0 Å². The number of ether oxygens (including phenoxy) is 2. The summed E-state index contributed by atoms with van der Waals surface area (Å²) in [5.74, 6) is -0.417. The zero-order valence-corrected chi connectivity index (χ0v) is 38.3. The van der Waals surface area contributed by atoms with Gasteiger partial charge in [0.25, 0.3) is 0 Å². The van der Waals surface area contributed by atoms with Gasteiger partial charge in [-0.3, -0.25) is 13.8 Å². The Hall–Kier alpha value is -2.88. The molecule has 0 bridgehead atoms. The van der Waals surface area contributed by atoms with E-state index in [9.17, 15) is 19.4 Å². The second kappa shape index (κ2) is 45.6. The van der Waals surface area contributed by atoms with E-state index in [1.54, 1.807) is 0 Å². The number of carbonyl (C=O) groups excluding carboxylic acids is 1. The molecular formula is C50H83O9P. The summed E-state index contributed by atoms with van der Waals surface area (Å²) in [4.78, 5) is 22.6. The summed E-state index contributed by atoms with van der Waals surface area (Å²) in [6.45, 7) is 3.03. The fraction of sp³-hybridized carbons (Fsp3) is 0.620. The molecule has 0 amide bonds. The van der Waals surface area contributed by atoms with Crippen LogP contribution in [0, 0.1) is 0 Å². The Labute approximate surface area is 365 Å². The lowest BCUT2D eigenvalue weighted by atomic mass is 10.0. The molecule has 0 rings (SSSR count). The van der Waals surface area contributed by atoms with Gasteiger partial charge in [0.1, 0.15) is 12.2 Å². The van der Waals surface area contributed by atoms with Gasteiger partial charge in [-0.25, -0.2) is 4.57 Å². The molecular weight excluding hydrogens is 776 g/mol. The van der Waals surface area contributed by atoms with E-state index in [0.717, 1.165) is 83.5 Å². The van der Waals surface area contributed by atoms with E-state index < -0.39 is 45.8 Å². The third kappa shape index (κ3) is 44.7. The van der Waals surface area contributed by atoms with Gasteiger partial charge in [-0.2, -0.15) is 0 Å². The molecule has 3 atom stereocenters. The van der Waals surface area contributed by atoms with Crippen molar-refractivity contribution in [1.82, 2.24) is 0 Å². The van der Waals surface area contributed by atoms with Crippen molar-refractivity contribution in [2.45, 2.75) is 167 Å². The molecule has 60 heavy (non-hydrogen) atoms. The van der Waals surface area contributed by atoms with Crippen LogP contribution in [0.1, 0.15) is 155 Å². The number of allylic oxidation sites excluding steroid dienone is 17. The van der Waals surface area contributed by atoms with Crippen molar-refractivity contribution in [1.29, 1.82) is 0 Å². The smallest absolute Gasteiger partial charge is 0.457 e. The van der Waals surface area contributed by atoms with Crippen molar-refractivity contribution in [3.05, 3.63) is 109 Å². The molecule has 0 aliphatic carbocycles. The monoisotopic (exact) mass is 859 g/mol. The molecule has 3 unspecified atom stereocenters. The molecule has 9 nitrogen and oxygen atoms in total. The van der Waals surface area contributed by atoms with Crippen LogP contribution in [-0.2, 0) is 27.9 Å². The summed E-state index contributed by atoms with van der Waals surface area (Å²) in [5.41, 5.74) is 0. The fourth-order valence-electron chi connectivity index (χ4n) is 5.59. The topological polar surface area (TPSA) is 132 Å². The molecule has 0 aromatic carbocycles. The van der Waals surface area contributed by atoms with Gasteiger partial charge in [0, 0.05) is 6.42 Å². The lowest BCUT2D eigenvalue weighted by Crippen LogP contribution is -2.29. The number of phosphoric acid groups is 1. The molecule has 0 aromatic heterocycles. The number of aliphatic hydroxyl groups excluding tert-OH is 2. The predicted octanol–water partition coefficient (Wildman–Crippen LogP) is 13.0. The Bertz CT molecular complexity index is 1290. The standard InChI is InChI=1S/C50H83O9P/c1-3-5-7-9-11-13-15-17-19-21-22-23-24-25-26-27-28-30-32-34-36-38-40-42-50(53)59-49(47-58-60(54,55)57-45-48(52)44-51)46-56-43-41-39-37-35-33-31-29-20-18-16-14-12-10-8-6-4-2/h5-8,11-14,17-20,22-23,31,33,37,39,48-49,51-52H,3-4,9-10,15-16,21,24-30,32,34-36,38,40-47H2,1-2H3,(H,54,55)/b7-5-,8-6-,13-11-,14-12-,19-17-,20-18-,23-22-,33-31-,39-37-. The first kappa shape index (κ1) is 57.1. The van der Waals surface area contributed by atoms with E-state index in [0.29, 0.717) is 19.4 Å². The van der Waals surface area contributed by atoms with E-state index in [4.69, 9.17) is 23.6 Å². The first-order valence-electron chi connectivity index (χ1n) is 22.9. The number of hydrogen-bond acceptors (Lipinski definition) is 8. The van der Waals surface area contributed by atoms with Crippen LogP contribution in [0.3, 0.4) is 0 Å². The van der Waals surface area contributed by atoms with E-state index in [1.807, 2.05) is 6.08 Å². The number of rotatable bonds is 42. The van der Waals surface area contributed by atoms with Crippen molar-refractivity contribution in [2.75, 3.05) is 33.0 Å². The Morgan fingerprint density at radius 3 is 1.35 bits per heavy atom. The largest absolute Gasteiger partial charge is 0.472 e. The van der Waals surface area contributed by atoms with Gasteiger partial charge in [-0.05, 0) is 83.5 Å². The number of esters is 1. The van der Waals surface area contributed by atoms with Crippen LogP contribution < -0.4 is 0 Å². The summed E-state index contributed by atoms with van der Waals surface area (Å²) in [7, 11) is -4.55. The number of aliphatic hydroxyl groups is 2. The lowest BCUT2D eigenvalue weighted by Gasteiger charge is -2.20. The number of phosphoric ester groups is 1. The van der Waals surface area contributed by atoms with Crippen molar-refractivity contribution < 1.29 is 43.0 Å². The Kier molecular flexibility index (Phi) is 43.5. The molecule has 0 saturated heterocycles. The van der Waals surface area contributed by atoms with Gasteiger partial charge in [-0.15, -0.1) is 0 Å². The number of unbranched alkanes of at least 4 members (excludes halogenated alkanes) is 10.